The van der Waals surface area contributed by atoms with E-state index in [0.717, 1.165) is 22.1 Å². The van der Waals surface area contributed by atoms with Crippen molar-refractivity contribution in [3.05, 3.63) is 64.6 Å². The predicted molar refractivity (Wildman–Crippen MR) is 130 cm³/mol. The maximum Gasteiger partial charge on any atom is 0.263 e. The molecule has 1 fully saturated rings. The molecule has 1 aliphatic rings. The molecule has 0 bridgehead atoms. The van der Waals surface area contributed by atoms with Gasteiger partial charge in [0.05, 0.1) is 24.6 Å². The maximum atomic E-state index is 13.1. The highest BCUT2D eigenvalue weighted by Gasteiger charge is 2.28. The van der Waals surface area contributed by atoms with E-state index in [9.17, 15) is 9.59 Å². The van der Waals surface area contributed by atoms with Crippen molar-refractivity contribution in [1.29, 1.82) is 0 Å². The fourth-order valence-electron chi connectivity index (χ4n) is 4.23. The summed E-state index contributed by atoms with van der Waals surface area (Å²) in [5.74, 6) is 0.404. The monoisotopic (exact) mass is 449 g/mol. The molecule has 0 unspecified atom stereocenters. The fourth-order valence-corrected chi connectivity index (χ4v) is 4.23. The second-order valence-electron chi connectivity index (χ2n) is 8.79. The first kappa shape index (κ1) is 23.0. The first-order chi connectivity index (χ1) is 15.8. The van der Waals surface area contributed by atoms with Crippen LogP contribution in [0.1, 0.15) is 12.5 Å². The van der Waals surface area contributed by atoms with Gasteiger partial charge in [0, 0.05) is 24.8 Å². The van der Waals surface area contributed by atoms with Gasteiger partial charge in [0.2, 0.25) is 0 Å². The number of carbonyl (C=O) groups excluding carboxylic acids is 1. The van der Waals surface area contributed by atoms with Gasteiger partial charge in [0.15, 0.2) is 6.10 Å². The van der Waals surface area contributed by atoms with Gasteiger partial charge in [-0.25, -0.2) is 0 Å². The van der Waals surface area contributed by atoms with Crippen molar-refractivity contribution in [3.8, 4) is 16.9 Å². The summed E-state index contributed by atoms with van der Waals surface area (Å²) in [5.41, 5.74) is 2.96. The van der Waals surface area contributed by atoms with Crippen LogP contribution in [0.3, 0.4) is 0 Å². The standard InChI is InChI=1S/C26H31N3O4/c1-17-7-5-6-8-21(17)24-14-27-25(30)23-13-20(9-10-22(23)24)33-18(2)26(31)29-11-12-32-16-19(15-29)28(3)4/h5-10,13-14,18-19H,11-12,15-16H2,1-4H3,(H,27,30)/t18-,19+/m1/s1. The molecule has 1 amide bonds. The minimum Gasteiger partial charge on any atom is -0.481 e. The van der Waals surface area contributed by atoms with E-state index in [1.165, 1.54) is 0 Å². The van der Waals surface area contributed by atoms with Crippen LogP contribution in [0.25, 0.3) is 21.9 Å². The zero-order chi connectivity index (χ0) is 23.5. The fraction of sp³-hybridized carbons (Fsp3) is 0.385. The van der Waals surface area contributed by atoms with E-state index in [-0.39, 0.29) is 17.5 Å². The number of nitrogens with one attached hydrogen (secondary N) is 1. The number of fused-ring (bicyclic) bond motifs is 1. The van der Waals surface area contributed by atoms with Crippen LogP contribution in [-0.2, 0) is 9.53 Å². The molecule has 2 aromatic carbocycles. The van der Waals surface area contributed by atoms with Gasteiger partial charge in [-0.1, -0.05) is 24.3 Å². The summed E-state index contributed by atoms with van der Waals surface area (Å²) in [6.45, 7) is 6.03. The molecule has 7 heteroatoms. The van der Waals surface area contributed by atoms with Crippen LogP contribution in [-0.4, -0.2) is 73.2 Å². The summed E-state index contributed by atoms with van der Waals surface area (Å²) < 4.78 is 11.6. The zero-order valence-corrected chi connectivity index (χ0v) is 19.6. The maximum absolute atomic E-state index is 13.1. The van der Waals surface area contributed by atoms with Gasteiger partial charge >= 0.3 is 0 Å². The number of aryl methyl sites for hydroxylation is 1. The lowest BCUT2D eigenvalue weighted by Gasteiger charge is -2.29. The Morgan fingerprint density at radius 1 is 1.18 bits per heavy atom. The molecule has 0 spiro atoms. The third kappa shape index (κ3) is 4.94. The van der Waals surface area contributed by atoms with Crippen molar-refractivity contribution in [3.63, 3.8) is 0 Å². The number of benzene rings is 2. The summed E-state index contributed by atoms with van der Waals surface area (Å²) in [5, 5.41) is 1.38. The molecule has 0 saturated carbocycles. The molecule has 0 aliphatic carbocycles. The smallest absolute Gasteiger partial charge is 0.263 e. The van der Waals surface area contributed by atoms with Crippen LogP contribution >= 0.6 is 0 Å². The Labute approximate surface area is 193 Å². The van der Waals surface area contributed by atoms with Crippen LogP contribution in [0.2, 0.25) is 0 Å². The van der Waals surface area contributed by atoms with E-state index in [1.807, 2.05) is 57.4 Å². The topological polar surface area (TPSA) is 74.9 Å². The van der Waals surface area contributed by atoms with Crippen LogP contribution < -0.4 is 10.3 Å². The van der Waals surface area contributed by atoms with Crippen LogP contribution in [0.15, 0.2) is 53.5 Å². The SMILES string of the molecule is Cc1ccccc1-c1c[nH]c(=O)c2cc(O[C@H](C)C(=O)N3CCOC[C@@H](N(C)C)C3)ccc12. The molecule has 2 atom stereocenters. The minimum atomic E-state index is -0.679. The first-order valence-corrected chi connectivity index (χ1v) is 11.3. The second-order valence-corrected chi connectivity index (χ2v) is 8.79. The Hall–Kier alpha value is -3.16. The number of aromatic nitrogens is 1. The van der Waals surface area contributed by atoms with E-state index in [1.54, 1.807) is 24.1 Å². The molecule has 0 radical (unpaired) electrons. The highest BCUT2D eigenvalue weighted by molar-refractivity contribution is 5.97. The van der Waals surface area contributed by atoms with E-state index >= 15 is 0 Å². The van der Waals surface area contributed by atoms with E-state index in [2.05, 4.69) is 9.88 Å². The van der Waals surface area contributed by atoms with Gasteiger partial charge < -0.3 is 24.3 Å². The summed E-state index contributed by atoms with van der Waals surface area (Å²) in [4.78, 5) is 32.4. The highest BCUT2D eigenvalue weighted by atomic mass is 16.5. The van der Waals surface area contributed by atoms with E-state index in [0.29, 0.717) is 37.4 Å². The molecule has 1 aliphatic heterocycles. The number of pyridine rings is 1. The Kier molecular flexibility index (Phi) is 6.81. The predicted octanol–water partition coefficient (Wildman–Crippen LogP) is 3.06. The lowest BCUT2D eigenvalue weighted by Crippen LogP contribution is -2.47. The Morgan fingerprint density at radius 3 is 2.73 bits per heavy atom. The van der Waals surface area contributed by atoms with Crippen molar-refractivity contribution in [2.75, 3.05) is 40.4 Å². The number of carbonyl (C=O) groups is 1. The number of ether oxygens (including phenoxy) is 2. The first-order valence-electron chi connectivity index (χ1n) is 11.3. The highest BCUT2D eigenvalue weighted by Crippen LogP contribution is 2.30. The van der Waals surface area contributed by atoms with Crippen LogP contribution in [0.5, 0.6) is 5.75 Å². The van der Waals surface area contributed by atoms with Gasteiger partial charge in [-0.2, -0.15) is 0 Å². The van der Waals surface area contributed by atoms with Crippen molar-refractivity contribution >= 4 is 16.7 Å². The van der Waals surface area contributed by atoms with E-state index in [4.69, 9.17) is 9.47 Å². The summed E-state index contributed by atoms with van der Waals surface area (Å²) in [6, 6.07) is 13.6. The lowest BCUT2D eigenvalue weighted by molar-refractivity contribution is -0.138. The number of nitrogens with zero attached hydrogens (tertiary/aromatic N) is 2. The molecule has 2 heterocycles. The Bertz CT molecular complexity index is 1200. The number of aromatic amines is 1. The molecule has 1 aromatic heterocycles. The summed E-state index contributed by atoms with van der Waals surface area (Å²) in [6.07, 6.45) is 1.07. The van der Waals surface area contributed by atoms with Gasteiger partial charge in [-0.3, -0.25) is 9.59 Å². The molecule has 3 aromatic rings. The average molecular weight is 450 g/mol. The van der Waals surface area contributed by atoms with Gasteiger partial charge in [0.1, 0.15) is 5.75 Å². The zero-order valence-electron chi connectivity index (χ0n) is 19.6. The van der Waals surface area contributed by atoms with Crippen molar-refractivity contribution in [1.82, 2.24) is 14.8 Å². The quantitative estimate of drug-likeness (QED) is 0.648. The van der Waals surface area contributed by atoms with Gasteiger partial charge in [-0.15, -0.1) is 0 Å². The third-order valence-corrected chi connectivity index (χ3v) is 6.26. The Morgan fingerprint density at radius 2 is 1.97 bits per heavy atom. The molecule has 1 saturated heterocycles. The molecule has 174 valence electrons. The molecular formula is C26H31N3O4. The van der Waals surface area contributed by atoms with Crippen molar-refractivity contribution < 1.29 is 14.3 Å². The normalized spacial score (nSPS) is 17.7. The average Bonchev–Trinajstić information content (AvgIpc) is 3.06. The third-order valence-electron chi connectivity index (χ3n) is 6.26. The number of amides is 1. The molecule has 4 rings (SSSR count). The minimum absolute atomic E-state index is 0.0879. The lowest BCUT2D eigenvalue weighted by atomic mass is 9.97. The summed E-state index contributed by atoms with van der Waals surface area (Å²) in [7, 11) is 3.97. The van der Waals surface area contributed by atoms with Crippen molar-refractivity contribution in [2.24, 2.45) is 0 Å². The molecule has 1 N–H and O–H groups in total. The van der Waals surface area contributed by atoms with Gasteiger partial charge in [-0.05, 0) is 62.7 Å². The van der Waals surface area contributed by atoms with E-state index < -0.39 is 6.10 Å². The number of hydrogen-bond donors (Lipinski definition) is 1. The van der Waals surface area contributed by atoms with Crippen molar-refractivity contribution in [2.45, 2.75) is 26.0 Å². The summed E-state index contributed by atoms with van der Waals surface area (Å²) >= 11 is 0. The number of rotatable bonds is 5. The number of hydrogen-bond acceptors (Lipinski definition) is 5. The second kappa shape index (κ2) is 9.77. The molecule has 7 nitrogen and oxygen atoms in total. The molecular weight excluding hydrogens is 418 g/mol. The number of likely N-dealkylation sites (N-methyl/N-ethyl adjacent to an activating group) is 1. The Balaban J connectivity index is 1.58. The molecule has 33 heavy (non-hydrogen) atoms. The van der Waals surface area contributed by atoms with Gasteiger partial charge in [0.25, 0.3) is 11.5 Å². The number of H-pyrrole nitrogens is 1. The van der Waals surface area contributed by atoms with Crippen LogP contribution in [0.4, 0.5) is 0 Å². The largest absolute Gasteiger partial charge is 0.481 e. The van der Waals surface area contributed by atoms with Crippen LogP contribution in [0, 0.1) is 6.92 Å².